The standard InChI is InChI=1S/C10H12O2S/c1-9(13-8-12-7-11)10-5-3-2-4-6-10/h1-6,9,11H,7-8H2. The van der Waals surface area contributed by atoms with Gasteiger partial charge in [0.05, 0.1) is 5.94 Å². The van der Waals surface area contributed by atoms with Crippen molar-refractivity contribution in [2.75, 3.05) is 12.7 Å². The molecule has 0 spiro atoms. The Morgan fingerprint density at radius 1 is 1.38 bits per heavy atom. The number of thioether (sulfide) groups is 1. The Bertz CT molecular complexity index is 226. The van der Waals surface area contributed by atoms with Gasteiger partial charge in [-0.05, 0) is 12.5 Å². The molecule has 0 aliphatic carbocycles. The Labute approximate surface area is 82.9 Å². The molecule has 13 heavy (non-hydrogen) atoms. The molecule has 2 radical (unpaired) electrons. The predicted octanol–water partition coefficient (Wildman–Crippen LogP) is 2.10. The first-order chi connectivity index (χ1) is 6.34. The van der Waals surface area contributed by atoms with E-state index in [0.29, 0.717) is 5.94 Å². The van der Waals surface area contributed by atoms with Crippen molar-refractivity contribution in [3.63, 3.8) is 0 Å². The first-order valence-corrected chi connectivity index (χ1v) is 5.00. The van der Waals surface area contributed by atoms with Crippen molar-refractivity contribution in [3.05, 3.63) is 42.8 Å². The molecule has 1 N–H and O–H groups in total. The second-order valence-electron chi connectivity index (χ2n) is 2.45. The van der Waals surface area contributed by atoms with Gasteiger partial charge in [0.2, 0.25) is 0 Å². The third-order valence-electron chi connectivity index (χ3n) is 1.55. The van der Waals surface area contributed by atoms with E-state index in [4.69, 9.17) is 16.8 Å². The van der Waals surface area contributed by atoms with Crippen molar-refractivity contribution in [1.29, 1.82) is 0 Å². The minimum Gasteiger partial charge on any atom is -0.371 e. The second kappa shape index (κ2) is 6.02. The fourth-order valence-corrected chi connectivity index (χ4v) is 1.56. The van der Waals surface area contributed by atoms with Crippen molar-refractivity contribution >= 4 is 11.8 Å². The molecule has 70 valence electrons. The first-order valence-electron chi connectivity index (χ1n) is 3.95. The van der Waals surface area contributed by atoms with E-state index in [9.17, 15) is 0 Å². The van der Waals surface area contributed by atoms with E-state index in [1.807, 2.05) is 30.3 Å². The smallest absolute Gasteiger partial charge is 0.144 e. The highest BCUT2D eigenvalue weighted by Crippen LogP contribution is 2.26. The molecule has 1 aromatic rings. The van der Waals surface area contributed by atoms with Crippen molar-refractivity contribution in [1.82, 2.24) is 0 Å². The summed E-state index contributed by atoms with van der Waals surface area (Å²) >= 11 is 1.45. The van der Waals surface area contributed by atoms with E-state index in [1.165, 1.54) is 11.8 Å². The normalized spacial score (nSPS) is 12.8. The minimum atomic E-state index is -0.255. The van der Waals surface area contributed by atoms with E-state index in [-0.39, 0.29) is 12.0 Å². The summed E-state index contributed by atoms with van der Waals surface area (Å²) in [5, 5.41) is 8.28. The Hall–Kier alpha value is -0.510. The van der Waals surface area contributed by atoms with Gasteiger partial charge in [-0.2, -0.15) is 0 Å². The van der Waals surface area contributed by atoms with Gasteiger partial charge in [-0.1, -0.05) is 30.3 Å². The second-order valence-corrected chi connectivity index (χ2v) is 3.53. The van der Waals surface area contributed by atoms with Crippen molar-refractivity contribution in [2.45, 2.75) is 5.25 Å². The fraction of sp³-hybridized carbons (Fsp3) is 0.300. The van der Waals surface area contributed by atoms with Gasteiger partial charge in [-0.25, -0.2) is 0 Å². The van der Waals surface area contributed by atoms with Crippen molar-refractivity contribution < 1.29 is 9.84 Å². The molecule has 1 rings (SSSR count). The lowest BCUT2D eigenvalue weighted by molar-refractivity contribution is 0.0239. The molecule has 0 bridgehead atoms. The van der Waals surface area contributed by atoms with Gasteiger partial charge >= 0.3 is 0 Å². The number of rotatable bonds is 5. The zero-order chi connectivity index (χ0) is 9.52. The molecule has 0 saturated heterocycles. The van der Waals surface area contributed by atoms with Gasteiger partial charge in [0.1, 0.15) is 6.79 Å². The Morgan fingerprint density at radius 3 is 2.69 bits per heavy atom. The summed E-state index contributed by atoms with van der Waals surface area (Å²) in [6.45, 7) is 5.58. The molecule has 3 heteroatoms. The molecule has 2 nitrogen and oxygen atoms in total. The summed E-state index contributed by atoms with van der Waals surface area (Å²) in [5.74, 6) is 0.409. The molecule has 0 aliphatic heterocycles. The maximum atomic E-state index is 8.37. The zero-order valence-electron chi connectivity index (χ0n) is 7.22. The summed E-state index contributed by atoms with van der Waals surface area (Å²) in [7, 11) is 0. The van der Waals surface area contributed by atoms with Crippen LogP contribution in [0.3, 0.4) is 0 Å². The van der Waals surface area contributed by atoms with Gasteiger partial charge in [0.25, 0.3) is 0 Å². The zero-order valence-corrected chi connectivity index (χ0v) is 8.04. The Balaban J connectivity index is 2.35. The summed E-state index contributed by atoms with van der Waals surface area (Å²) in [6, 6.07) is 9.78. The van der Waals surface area contributed by atoms with Crippen LogP contribution in [0.2, 0.25) is 0 Å². The van der Waals surface area contributed by atoms with Crippen LogP contribution in [-0.4, -0.2) is 17.8 Å². The van der Waals surface area contributed by atoms with Crippen LogP contribution in [0.1, 0.15) is 10.8 Å². The molecular weight excluding hydrogens is 184 g/mol. The third kappa shape index (κ3) is 3.81. The Kier molecular flexibility index (Phi) is 4.90. The van der Waals surface area contributed by atoms with Gasteiger partial charge < -0.3 is 9.84 Å². The molecule has 0 heterocycles. The summed E-state index contributed by atoms with van der Waals surface area (Å²) in [6.07, 6.45) is 0. The molecule has 0 fully saturated rings. The molecule has 1 atom stereocenters. The number of aliphatic hydroxyl groups excluding tert-OH is 1. The van der Waals surface area contributed by atoms with Crippen LogP contribution in [0.5, 0.6) is 0 Å². The minimum absolute atomic E-state index is 0.0900. The number of benzene rings is 1. The van der Waals surface area contributed by atoms with Gasteiger partial charge in [0.15, 0.2) is 0 Å². The highest BCUT2D eigenvalue weighted by atomic mass is 32.2. The average molecular weight is 196 g/mol. The fourth-order valence-electron chi connectivity index (χ4n) is 0.898. The van der Waals surface area contributed by atoms with Crippen LogP contribution in [-0.2, 0) is 4.74 Å². The molecule has 0 aliphatic rings. The van der Waals surface area contributed by atoms with E-state index in [2.05, 4.69) is 0 Å². The summed E-state index contributed by atoms with van der Waals surface area (Å²) in [5.41, 5.74) is 1.06. The molecule has 0 aromatic heterocycles. The summed E-state index contributed by atoms with van der Waals surface area (Å²) in [4.78, 5) is 0. The molecule has 0 saturated carbocycles. The molecule has 1 aromatic carbocycles. The lowest BCUT2D eigenvalue weighted by atomic mass is 10.2. The Morgan fingerprint density at radius 2 is 2.08 bits per heavy atom. The maximum Gasteiger partial charge on any atom is 0.144 e. The van der Waals surface area contributed by atoms with Gasteiger partial charge in [-0.15, -0.1) is 11.8 Å². The van der Waals surface area contributed by atoms with Gasteiger partial charge in [0, 0.05) is 5.25 Å². The van der Waals surface area contributed by atoms with E-state index >= 15 is 0 Å². The molecular formula is C10H12O2S. The number of hydrogen-bond donors (Lipinski definition) is 1. The van der Waals surface area contributed by atoms with Crippen LogP contribution in [0.15, 0.2) is 30.3 Å². The van der Waals surface area contributed by atoms with E-state index in [0.717, 1.165) is 5.56 Å². The largest absolute Gasteiger partial charge is 0.371 e. The predicted molar refractivity (Wildman–Crippen MR) is 54.1 cm³/mol. The van der Waals surface area contributed by atoms with Crippen LogP contribution in [0.25, 0.3) is 0 Å². The van der Waals surface area contributed by atoms with Gasteiger partial charge in [-0.3, -0.25) is 0 Å². The SMILES string of the molecule is [CH]C(SCOCO)c1ccccc1. The molecule has 0 amide bonds. The maximum absolute atomic E-state index is 8.37. The van der Waals surface area contributed by atoms with Crippen LogP contribution in [0, 0.1) is 6.92 Å². The van der Waals surface area contributed by atoms with E-state index in [1.54, 1.807) is 0 Å². The number of hydrogen-bond acceptors (Lipinski definition) is 3. The van der Waals surface area contributed by atoms with Crippen LogP contribution >= 0.6 is 11.8 Å². The summed E-state index contributed by atoms with van der Waals surface area (Å²) < 4.78 is 4.76. The van der Waals surface area contributed by atoms with Crippen LogP contribution < -0.4 is 0 Å². The average Bonchev–Trinajstić information content (AvgIpc) is 2.19. The monoisotopic (exact) mass is 196 g/mol. The third-order valence-corrected chi connectivity index (χ3v) is 2.48. The topological polar surface area (TPSA) is 29.5 Å². The van der Waals surface area contributed by atoms with Crippen molar-refractivity contribution in [2.24, 2.45) is 0 Å². The van der Waals surface area contributed by atoms with E-state index < -0.39 is 0 Å². The highest BCUT2D eigenvalue weighted by Gasteiger charge is 2.04. The lowest BCUT2D eigenvalue weighted by Crippen LogP contribution is -1.95. The molecule has 1 unspecified atom stereocenters. The lowest BCUT2D eigenvalue weighted by Gasteiger charge is -2.10. The quantitative estimate of drug-likeness (QED) is 0.577. The van der Waals surface area contributed by atoms with Crippen molar-refractivity contribution in [3.8, 4) is 0 Å². The number of ether oxygens (including phenoxy) is 1. The highest BCUT2D eigenvalue weighted by molar-refractivity contribution is 7.99. The first kappa shape index (κ1) is 10.6. The number of aliphatic hydroxyl groups is 1. The van der Waals surface area contributed by atoms with Crippen LogP contribution in [0.4, 0.5) is 0 Å².